The number of aliphatic hydroxyl groups excluding tert-OH is 1. The summed E-state index contributed by atoms with van der Waals surface area (Å²) in [6, 6.07) is 0. The van der Waals surface area contributed by atoms with Gasteiger partial charge in [-0.05, 0) is 48.2 Å². The predicted octanol–water partition coefficient (Wildman–Crippen LogP) is 1.14. The fourth-order valence-corrected chi connectivity index (χ4v) is 4.57. The van der Waals surface area contributed by atoms with Gasteiger partial charge in [0.05, 0.1) is 0 Å². The van der Waals surface area contributed by atoms with Crippen molar-refractivity contribution in [2.45, 2.75) is 38.9 Å². The Morgan fingerprint density at radius 1 is 1.47 bits per heavy atom. The molecule has 2 saturated carbocycles. The Kier molecular flexibility index (Phi) is 1.91. The first-order valence-corrected chi connectivity index (χ1v) is 6.78. The van der Waals surface area contributed by atoms with E-state index in [2.05, 4.69) is 6.92 Å². The van der Waals surface area contributed by atoms with E-state index in [1.165, 1.54) is 0 Å². The van der Waals surface area contributed by atoms with Gasteiger partial charge in [0.25, 0.3) is 0 Å². The Balaban J connectivity index is 1.90. The van der Waals surface area contributed by atoms with Crippen LogP contribution in [0.3, 0.4) is 0 Å². The number of fused-ring (bicyclic) bond motifs is 4. The highest BCUT2D eigenvalue weighted by molar-refractivity contribution is 5.93. The van der Waals surface area contributed by atoms with Crippen molar-refractivity contribution in [3.8, 4) is 0 Å². The lowest BCUT2D eigenvalue weighted by molar-refractivity contribution is -0.141. The van der Waals surface area contributed by atoms with E-state index in [4.69, 9.17) is 4.74 Å². The molecule has 3 aliphatic carbocycles. The number of aliphatic hydroxyl groups is 1. The molecule has 19 heavy (non-hydrogen) atoms. The summed E-state index contributed by atoms with van der Waals surface area (Å²) in [4.78, 5) is 23.0. The highest BCUT2D eigenvalue weighted by Gasteiger charge is 2.65. The normalized spacial score (nSPS) is 46.8. The van der Waals surface area contributed by atoms with Crippen molar-refractivity contribution in [1.29, 1.82) is 0 Å². The fourth-order valence-electron chi connectivity index (χ4n) is 4.57. The summed E-state index contributed by atoms with van der Waals surface area (Å²) in [5.74, 6) is 0.435. The predicted molar refractivity (Wildman–Crippen MR) is 66.0 cm³/mol. The van der Waals surface area contributed by atoms with Crippen molar-refractivity contribution in [3.05, 3.63) is 22.3 Å². The minimum Gasteiger partial charge on any atom is -0.454 e. The van der Waals surface area contributed by atoms with Crippen LogP contribution in [0, 0.1) is 17.3 Å². The SMILES string of the molecule is CC1=C2C(CC3(C)C(=C(C=O)C4CC43)C2O)OC1=O. The van der Waals surface area contributed by atoms with Gasteiger partial charge >= 0.3 is 5.97 Å². The monoisotopic (exact) mass is 260 g/mol. The molecule has 4 heteroatoms. The lowest BCUT2D eigenvalue weighted by Crippen LogP contribution is -2.41. The molecule has 0 spiro atoms. The van der Waals surface area contributed by atoms with Crippen molar-refractivity contribution >= 4 is 12.3 Å². The van der Waals surface area contributed by atoms with Crippen molar-refractivity contribution in [2.75, 3.05) is 0 Å². The number of carbonyl (C=O) groups is 2. The van der Waals surface area contributed by atoms with Gasteiger partial charge in [-0.15, -0.1) is 0 Å². The first-order chi connectivity index (χ1) is 8.99. The van der Waals surface area contributed by atoms with E-state index < -0.39 is 6.10 Å². The van der Waals surface area contributed by atoms with E-state index >= 15 is 0 Å². The Hall–Kier alpha value is -1.42. The summed E-state index contributed by atoms with van der Waals surface area (Å²) >= 11 is 0. The van der Waals surface area contributed by atoms with Gasteiger partial charge in [0.1, 0.15) is 18.5 Å². The molecule has 0 aromatic rings. The third-order valence-electron chi connectivity index (χ3n) is 5.57. The van der Waals surface area contributed by atoms with Gasteiger partial charge in [0.2, 0.25) is 0 Å². The second kappa shape index (κ2) is 3.18. The second-order valence-electron chi connectivity index (χ2n) is 6.43. The van der Waals surface area contributed by atoms with Gasteiger partial charge in [-0.2, -0.15) is 0 Å². The summed E-state index contributed by atoms with van der Waals surface area (Å²) in [6.45, 7) is 3.80. The molecule has 0 amide bonds. The van der Waals surface area contributed by atoms with Crippen LogP contribution in [0.25, 0.3) is 0 Å². The Labute approximate surface area is 111 Å². The van der Waals surface area contributed by atoms with E-state index in [0.717, 1.165) is 23.9 Å². The number of rotatable bonds is 1. The molecule has 4 rings (SSSR count). The molecule has 100 valence electrons. The number of hydrogen-bond donors (Lipinski definition) is 1. The topological polar surface area (TPSA) is 63.6 Å². The van der Waals surface area contributed by atoms with E-state index in [0.29, 0.717) is 29.4 Å². The molecule has 0 aromatic carbocycles. The lowest BCUT2D eigenvalue weighted by atomic mass is 9.65. The first-order valence-electron chi connectivity index (χ1n) is 6.78. The highest BCUT2D eigenvalue weighted by Crippen LogP contribution is 2.69. The van der Waals surface area contributed by atoms with Gasteiger partial charge in [-0.25, -0.2) is 4.79 Å². The second-order valence-corrected chi connectivity index (χ2v) is 6.43. The number of esters is 1. The zero-order chi connectivity index (χ0) is 13.5. The van der Waals surface area contributed by atoms with E-state index in [-0.39, 0.29) is 17.5 Å². The molecule has 0 aromatic heterocycles. The van der Waals surface area contributed by atoms with E-state index in [1.807, 2.05) is 0 Å². The zero-order valence-corrected chi connectivity index (χ0v) is 11.0. The average Bonchev–Trinajstić information content (AvgIpc) is 3.04. The van der Waals surface area contributed by atoms with Crippen molar-refractivity contribution in [2.24, 2.45) is 17.3 Å². The van der Waals surface area contributed by atoms with Crippen LogP contribution in [-0.4, -0.2) is 29.6 Å². The molecule has 0 saturated heterocycles. The first kappa shape index (κ1) is 11.4. The number of hydrogen-bond acceptors (Lipinski definition) is 4. The minimum absolute atomic E-state index is 0.181. The molecule has 1 aliphatic heterocycles. The molecule has 5 atom stereocenters. The number of aldehydes is 1. The largest absolute Gasteiger partial charge is 0.454 e. The fraction of sp³-hybridized carbons (Fsp3) is 0.600. The maximum atomic E-state index is 11.7. The molecule has 0 bridgehead atoms. The molecule has 2 fully saturated rings. The third-order valence-corrected chi connectivity index (χ3v) is 5.57. The van der Waals surface area contributed by atoms with E-state index in [1.54, 1.807) is 6.92 Å². The highest BCUT2D eigenvalue weighted by atomic mass is 16.5. The Bertz CT molecular complexity index is 585. The smallest absolute Gasteiger partial charge is 0.334 e. The quantitative estimate of drug-likeness (QED) is 0.567. The molecule has 4 nitrogen and oxygen atoms in total. The Morgan fingerprint density at radius 2 is 2.21 bits per heavy atom. The molecular weight excluding hydrogens is 244 g/mol. The van der Waals surface area contributed by atoms with Crippen LogP contribution in [0.2, 0.25) is 0 Å². The third kappa shape index (κ3) is 1.14. The van der Waals surface area contributed by atoms with Crippen molar-refractivity contribution in [3.63, 3.8) is 0 Å². The molecule has 1 N–H and O–H groups in total. The maximum Gasteiger partial charge on any atom is 0.334 e. The van der Waals surface area contributed by atoms with Crippen LogP contribution in [0.4, 0.5) is 0 Å². The molecule has 4 aliphatic rings. The average molecular weight is 260 g/mol. The van der Waals surface area contributed by atoms with Crippen molar-refractivity contribution < 1.29 is 19.4 Å². The minimum atomic E-state index is -0.816. The van der Waals surface area contributed by atoms with Crippen molar-refractivity contribution in [1.82, 2.24) is 0 Å². The van der Waals surface area contributed by atoms with Gasteiger partial charge in [-0.1, -0.05) is 6.92 Å². The number of carbonyl (C=O) groups excluding carboxylic acids is 2. The van der Waals surface area contributed by atoms with E-state index in [9.17, 15) is 14.7 Å². The molecular formula is C15H16O4. The number of allylic oxidation sites excluding steroid dienone is 1. The van der Waals surface area contributed by atoms with Gasteiger partial charge < -0.3 is 9.84 Å². The summed E-state index contributed by atoms with van der Waals surface area (Å²) in [7, 11) is 0. The summed E-state index contributed by atoms with van der Waals surface area (Å²) in [5, 5.41) is 10.6. The summed E-state index contributed by atoms with van der Waals surface area (Å²) in [5.41, 5.74) is 2.64. The standard InChI is InChI=1S/C15H16O4/c1-6-11-10(19-14(6)18)4-15(2)9-3-7(9)8(5-16)12(15)13(11)17/h5,7,9-10,13,17H,3-4H2,1-2H3. The zero-order valence-electron chi connectivity index (χ0n) is 11.0. The van der Waals surface area contributed by atoms with Crippen LogP contribution < -0.4 is 0 Å². The van der Waals surface area contributed by atoms with Crippen LogP contribution in [0.1, 0.15) is 26.7 Å². The molecule has 5 unspecified atom stereocenters. The van der Waals surface area contributed by atoms with Gasteiger partial charge in [0.15, 0.2) is 0 Å². The Morgan fingerprint density at radius 3 is 2.89 bits per heavy atom. The van der Waals surface area contributed by atoms with Crippen LogP contribution in [0.5, 0.6) is 0 Å². The van der Waals surface area contributed by atoms with Gasteiger partial charge in [0, 0.05) is 11.1 Å². The van der Waals surface area contributed by atoms with Crippen LogP contribution in [-0.2, 0) is 14.3 Å². The van der Waals surface area contributed by atoms with Crippen LogP contribution >= 0.6 is 0 Å². The van der Waals surface area contributed by atoms with Crippen LogP contribution in [0.15, 0.2) is 22.3 Å². The lowest BCUT2D eigenvalue weighted by Gasteiger charge is -2.41. The molecule has 0 radical (unpaired) electrons. The van der Waals surface area contributed by atoms with Gasteiger partial charge in [-0.3, -0.25) is 4.79 Å². The maximum absolute atomic E-state index is 11.7. The summed E-state index contributed by atoms with van der Waals surface area (Å²) < 4.78 is 5.37. The number of ether oxygens (including phenoxy) is 1. The molecule has 1 heterocycles. The summed E-state index contributed by atoms with van der Waals surface area (Å²) in [6.07, 6.45) is 1.52.